The Bertz CT molecular complexity index is 487. The Hall–Kier alpha value is -2.04. The van der Waals surface area contributed by atoms with Crippen LogP contribution in [0.1, 0.15) is 39.2 Å². The second-order valence-corrected chi connectivity index (χ2v) is 6.10. The van der Waals surface area contributed by atoms with Crippen LogP contribution in [0, 0.1) is 5.92 Å². The van der Waals surface area contributed by atoms with Crippen molar-refractivity contribution in [1.29, 1.82) is 0 Å². The molecule has 0 aliphatic heterocycles. The highest BCUT2D eigenvalue weighted by molar-refractivity contribution is 5.73. The van der Waals surface area contributed by atoms with E-state index in [0.29, 0.717) is 12.3 Å². The standard InChI is InChI=1S/C17H25NO4/c1-13(2)10-17(3,11-15(19)21-4)18-16(20)22-12-14-8-6-5-7-9-14/h5-9,13H,10-12H2,1-4H3,(H,18,20)/t17-/m0/s1. The van der Waals surface area contributed by atoms with Gasteiger partial charge in [0, 0.05) is 0 Å². The molecule has 0 heterocycles. The van der Waals surface area contributed by atoms with Gasteiger partial charge in [-0.1, -0.05) is 44.2 Å². The summed E-state index contributed by atoms with van der Waals surface area (Å²) in [5.74, 6) is -0.0319. The molecule has 1 aromatic carbocycles. The van der Waals surface area contributed by atoms with Crippen LogP contribution in [0.4, 0.5) is 4.79 Å². The molecule has 0 aliphatic carbocycles. The van der Waals surface area contributed by atoms with E-state index in [1.54, 1.807) is 0 Å². The minimum Gasteiger partial charge on any atom is -0.469 e. The maximum Gasteiger partial charge on any atom is 0.407 e. The van der Waals surface area contributed by atoms with Crippen LogP contribution < -0.4 is 5.32 Å². The number of benzene rings is 1. The molecule has 1 N–H and O–H groups in total. The molecule has 5 nitrogen and oxygen atoms in total. The van der Waals surface area contributed by atoms with Crippen LogP contribution in [0.25, 0.3) is 0 Å². The molecule has 0 aliphatic rings. The Balaban J connectivity index is 2.60. The zero-order valence-corrected chi connectivity index (χ0v) is 13.7. The van der Waals surface area contributed by atoms with Gasteiger partial charge in [-0.25, -0.2) is 4.79 Å². The van der Waals surface area contributed by atoms with Gasteiger partial charge in [-0.2, -0.15) is 0 Å². The Labute approximate surface area is 132 Å². The molecule has 1 amide bonds. The smallest absolute Gasteiger partial charge is 0.407 e. The summed E-state index contributed by atoms with van der Waals surface area (Å²) >= 11 is 0. The number of hydrogen-bond donors (Lipinski definition) is 1. The first-order valence-corrected chi connectivity index (χ1v) is 7.40. The van der Waals surface area contributed by atoms with Crippen LogP contribution in [-0.4, -0.2) is 24.7 Å². The van der Waals surface area contributed by atoms with E-state index < -0.39 is 11.6 Å². The maximum atomic E-state index is 12.0. The number of carbonyl (C=O) groups excluding carboxylic acids is 2. The lowest BCUT2D eigenvalue weighted by Crippen LogP contribution is -2.48. The van der Waals surface area contributed by atoms with Gasteiger partial charge in [0.25, 0.3) is 0 Å². The molecule has 22 heavy (non-hydrogen) atoms. The quantitative estimate of drug-likeness (QED) is 0.785. The molecule has 1 rings (SSSR count). The fourth-order valence-electron chi connectivity index (χ4n) is 2.46. The third-order valence-electron chi connectivity index (χ3n) is 3.24. The zero-order chi connectivity index (χ0) is 16.6. The van der Waals surface area contributed by atoms with Crippen molar-refractivity contribution in [2.75, 3.05) is 7.11 Å². The van der Waals surface area contributed by atoms with E-state index in [2.05, 4.69) is 5.32 Å². The molecule has 0 saturated heterocycles. The maximum absolute atomic E-state index is 12.0. The largest absolute Gasteiger partial charge is 0.469 e. The molecule has 5 heteroatoms. The van der Waals surface area contributed by atoms with Gasteiger partial charge in [0.2, 0.25) is 0 Å². The molecule has 0 radical (unpaired) electrons. The van der Waals surface area contributed by atoms with E-state index in [1.807, 2.05) is 51.1 Å². The number of esters is 1. The molecule has 0 aromatic heterocycles. The molecule has 0 saturated carbocycles. The summed E-state index contributed by atoms with van der Waals surface area (Å²) in [4.78, 5) is 23.6. The molecular formula is C17H25NO4. The number of rotatable bonds is 7. The highest BCUT2D eigenvalue weighted by atomic mass is 16.5. The first-order valence-electron chi connectivity index (χ1n) is 7.40. The lowest BCUT2D eigenvalue weighted by atomic mass is 9.88. The molecule has 1 atom stereocenters. The van der Waals surface area contributed by atoms with E-state index in [9.17, 15) is 9.59 Å². The highest BCUT2D eigenvalue weighted by Crippen LogP contribution is 2.21. The molecule has 0 unspecified atom stereocenters. The van der Waals surface area contributed by atoms with Gasteiger partial charge in [-0.3, -0.25) is 4.79 Å². The highest BCUT2D eigenvalue weighted by Gasteiger charge is 2.31. The van der Waals surface area contributed by atoms with Crippen molar-refractivity contribution in [2.24, 2.45) is 5.92 Å². The van der Waals surface area contributed by atoms with Crippen LogP contribution in [0.2, 0.25) is 0 Å². The summed E-state index contributed by atoms with van der Waals surface area (Å²) in [6.07, 6.45) is 0.237. The normalized spacial score (nSPS) is 13.3. The van der Waals surface area contributed by atoms with Crippen molar-refractivity contribution in [3.63, 3.8) is 0 Å². The van der Waals surface area contributed by atoms with E-state index in [0.717, 1.165) is 5.56 Å². The number of ether oxygens (including phenoxy) is 2. The van der Waals surface area contributed by atoms with E-state index in [1.165, 1.54) is 7.11 Å². The van der Waals surface area contributed by atoms with E-state index in [-0.39, 0.29) is 19.0 Å². The van der Waals surface area contributed by atoms with E-state index in [4.69, 9.17) is 9.47 Å². The lowest BCUT2D eigenvalue weighted by molar-refractivity contribution is -0.142. The average molecular weight is 307 g/mol. The Morgan fingerprint density at radius 2 is 1.86 bits per heavy atom. The first kappa shape index (κ1) is 18.0. The van der Waals surface area contributed by atoms with Crippen LogP contribution in [0.5, 0.6) is 0 Å². The Morgan fingerprint density at radius 1 is 1.23 bits per heavy atom. The van der Waals surface area contributed by atoms with Crippen molar-refractivity contribution in [2.45, 2.75) is 45.8 Å². The SMILES string of the molecule is COC(=O)C[C@](C)(CC(C)C)NC(=O)OCc1ccccc1. The topological polar surface area (TPSA) is 64.6 Å². The minimum atomic E-state index is -0.685. The average Bonchev–Trinajstić information content (AvgIpc) is 2.44. The van der Waals surface area contributed by atoms with Gasteiger partial charge in [0.05, 0.1) is 19.1 Å². The van der Waals surface area contributed by atoms with Crippen molar-refractivity contribution >= 4 is 12.1 Å². The molecule has 122 valence electrons. The second kappa shape index (κ2) is 8.41. The van der Waals surface area contributed by atoms with Crippen LogP contribution >= 0.6 is 0 Å². The minimum absolute atomic E-state index is 0.113. The fraction of sp³-hybridized carbons (Fsp3) is 0.529. The molecular weight excluding hydrogens is 282 g/mol. The number of amides is 1. The summed E-state index contributed by atoms with van der Waals surface area (Å²) in [7, 11) is 1.34. The van der Waals surface area contributed by atoms with Crippen molar-refractivity contribution in [1.82, 2.24) is 5.32 Å². The van der Waals surface area contributed by atoms with Crippen molar-refractivity contribution in [3.8, 4) is 0 Å². The summed E-state index contributed by atoms with van der Waals surface area (Å²) in [5.41, 5.74) is 0.228. The van der Waals surface area contributed by atoms with Gasteiger partial charge in [-0.15, -0.1) is 0 Å². The molecule has 0 fully saturated rings. The van der Waals surface area contributed by atoms with Gasteiger partial charge >= 0.3 is 12.1 Å². The fourth-order valence-corrected chi connectivity index (χ4v) is 2.46. The predicted molar refractivity (Wildman–Crippen MR) is 84.3 cm³/mol. The summed E-state index contributed by atoms with van der Waals surface area (Å²) in [6, 6.07) is 9.44. The number of methoxy groups -OCH3 is 1. The number of alkyl carbamates (subject to hydrolysis) is 1. The molecule has 0 bridgehead atoms. The zero-order valence-electron chi connectivity index (χ0n) is 13.7. The van der Waals surface area contributed by atoms with Crippen LogP contribution in [0.15, 0.2) is 30.3 Å². The summed E-state index contributed by atoms with van der Waals surface area (Å²) < 4.78 is 9.93. The van der Waals surface area contributed by atoms with Crippen LogP contribution in [0.3, 0.4) is 0 Å². The lowest BCUT2D eigenvalue weighted by Gasteiger charge is -2.31. The van der Waals surface area contributed by atoms with Gasteiger partial charge in [0.1, 0.15) is 6.61 Å². The first-order chi connectivity index (χ1) is 10.3. The van der Waals surface area contributed by atoms with Crippen molar-refractivity contribution < 1.29 is 19.1 Å². The Morgan fingerprint density at radius 3 is 2.41 bits per heavy atom. The Kier molecular flexibility index (Phi) is 6.89. The number of nitrogens with one attached hydrogen (secondary N) is 1. The van der Waals surface area contributed by atoms with Crippen molar-refractivity contribution in [3.05, 3.63) is 35.9 Å². The van der Waals surface area contributed by atoms with Gasteiger partial charge in [0.15, 0.2) is 0 Å². The predicted octanol–water partition coefficient (Wildman–Crippen LogP) is 3.28. The van der Waals surface area contributed by atoms with Gasteiger partial charge < -0.3 is 14.8 Å². The van der Waals surface area contributed by atoms with Crippen LogP contribution in [-0.2, 0) is 20.9 Å². The van der Waals surface area contributed by atoms with Gasteiger partial charge in [-0.05, 0) is 24.8 Å². The number of carbonyl (C=O) groups is 2. The molecule has 0 spiro atoms. The number of hydrogen-bond acceptors (Lipinski definition) is 4. The third kappa shape index (κ3) is 6.61. The van der Waals surface area contributed by atoms with E-state index >= 15 is 0 Å². The second-order valence-electron chi connectivity index (χ2n) is 6.10. The third-order valence-corrected chi connectivity index (χ3v) is 3.24. The summed E-state index contributed by atoms with van der Waals surface area (Å²) in [5, 5.41) is 2.80. The monoisotopic (exact) mass is 307 g/mol. The summed E-state index contributed by atoms with van der Waals surface area (Å²) in [6.45, 7) is 6.09. The molecule has 1 aromatic rings.